The molecule has 24 heavy (non-hydrogen) atoms. The Labute approximate surface area is 141 Å². The maximum absolute atomic E-state index is 12.9. The third kappa shape index (κ3) is 2.90. The lowest BCUT2D eigenvalue weighted by Gasteiger charge is -2.13. The second-order valence-electron chi connectivity index (χ2n) is 5.34. The van der Waals surface area contributed by atoms with E-state index in [9.17, 15) is 9.59 Å². The highest BCUT2D eigenvalue weighted by atomic mass is 32.2. The summed E-state index contributed by atoms with van der Waals surface area (Å²) < 4.78 is 6.52. The van der Waals surface area contributed by atoms with Crippen LogP contribution in [0.2, 0.25) is 0 Å². The number of ether oxygens (including phenoxy) is 1. The van der Waals surface area contributed by atoms with Crippen LogP contribution in [0.25, 0.3) is 21.9 Å². The van der Waals surface area contributed by atoms with E-state index in [0.717, 1.165) is 22.7 Å². The van der Waals surface area contributed by atoms with Crippen molar-refractivity contribution in [3.05, 3.63) is 34.6 Å². The number of hydrogen-bond acceptors (Lipinski definition) is 5. The molecule has 0 saturated carbocycles. The van der Waals surface area contributed by atoms with Gasteiger partial charge < -0.3 is 14.8 Å². The van der Waals surface area contributed by atoms with Crippen LogP contribution in [0.1, 0.15) is 6.92 Å². The SMILES string of the molecule is COCCn1c(SC(C)C(=O)O)nc2c([nH]c3ccccc32)c1=O. The van der Waals surface area contributed by atoms with Crippen LogP contribution in [0.3, 0.4) is 0 Å². The van der Waals surface area contributed by atoms with Gasteiger partial charge in [0.1, 0.15) is 16.3 Å². The number of rotatable bonds is 6. The Morgan fingerprint density at radius 3 is 2.92 bits per heavy atom. The predicted octanol–water partition coefficient (Wildman–Crippen LogP) is 2.09. The molecular weight excluding hydrogens is 330 g/mol. The molecule has 2 N–H and O–H groups in total. The van der Waals surface area contributed by atoms with Gasteiger partial charge in [-0.2, -0.15) is 0 Å². The van der Waals surface area contributed by atoms with Crippen LogP contribution in [0.5, 0.6) is 0 Å². The summed E-state index contributed by atoms with van der Waals surface area (Å²) >= 11 is 1.05. The second-order valence-corrected chi connectivity index (χ2v) is 6.64. The first kappa shape index (κ1) is 16.5. The van der Waals surface area contributed by atoms with Crippen molar-refractivity contribution in [1.82, 2.24) is 14.5 Å². The number of benzene rings is 1. The van der Waals surface area contributed by atoms with Crippen LogP contribution in [-0.2, 0) is 16.1 Å². The molecule has 3 aromatic rings. The Morgan fingerprint density at radius 2 is 2.21 bits per heavy atom. The summed E-state index contributed by atoms with van der Waals surface area (Å²) in [5.74, 6) is -0.952. The van der Waals surface area contributed by atoms with E-state index >= 15 is 0 Å². The van der Waals surface area contributed by atoms with E-state index in [4.69, 9.17) is 9.84 Å². The lowest BCUT2D eigenvalue weighted by atomic mass is 10.2. The highest BCUT2D eigenvalue weighted by molar-refractivity contribution is 8.00. The van der Waals surface area contributed by atoms with Gasteiger partial charge in [0.2, 0.25) is 0 Å². The van der Waals surface area contributed by atoms with Gasteiger partial charge in [-0.3, -0.25) is 14.2 Å². The molecule has 0 aliphatic rings. The summed E-state index contributed by atoms with van der Waals surface area (Å²) in [6.07, 6.45) is 0. The molecule has 0 amide bonds. The van der Waals surface area contributed by atoms with E-state index in [1.165, 1.54) is 4.57 Å². The van der Waals surface area contributed by atoms with Crippen LogP contribution >= 0.6 is 11.8 Å². The smallest absolute Gasteiger partial charge is 0.316 e. The second kappa shape index (κ2) is 6.66. The van der Waals surface area contributed by atoms with Crippen LogP contribution in [-0.4, -0.2) is 44.6 Å². The van der Waals surface area contributed by atoms with Crippen molar-refractivity contribution in [2.75, 3.05) is 13.7 Å². The van der Waals surface area contributed by atoms with Gasteiger partial charge in [-0.15, -0.1) is 0 Å². The van der Waals surface area contributed by atoms with E-state index in [1.54, 1.807) is 14.0 Å². The number of methoxy groups -OCH3 is 1. The fourth-order valence-corrected chi connectivity index (χ4v) is 3.32. The summed E-state index contributed by atoms with van der Waals surface area (Å²) in [6, 6.07) is 7.52. The van der Waals surface area contributed by atoms with Gasteiger partial charge in [-0.25, -0.2) is 4.98 Å². The van der Waals surface area contributed by atoms with Gasteiger partial charge in [0, 0.05) is 18.0 Å². The largest absolute Gasteiger partial charge is 0.480 e. The third-order valence-electron chi connectivity index (χ3n) is 3.72. The molecule has 0 bridgehead atoms. The summed E-state index contributed by atoms with van der Waals surface area (Å²) in [4.78, 5) is 31.7. The minimum Gasteiger partial charge on any atom is -0.480 e. The van der Waals surface area contributed by atoms with Gasteiger partial charge in [-0.1, -0.05) is 30.0 Å². The lowest BCUT2D eigenvalue weighted by molar-refractivity contribution is -0.136. The van der Waals surface area contributed by atoms with Gasteiger partial charge in [0.15, 0.2) is 5.16 Å². The average molecular weight is 347 g/mol. The molecule has 0 radical (unpaired) electrons. The van der Waals surface area contributed by atoms with Crippen molar-refractivity contribution in [3.63, 3.8) is 0 Å². The molecule has 0 saturated heterocycles. The number of carbonyl (C=O) groups is 1. The van der Waals surface area contributed by atoms with Gasteiger partial charge in [-0.05, 0) is 13.0 Å². The number of H-pyrrole nitrogens is 1. The molecule has 1 unspecified atom stereocenters. The maximum atomic E-state index is 12.9. The number of thioether (sulfide) groups is 1. The number of fused-ring (bicyclic) bond motifs is 3. The van der Waals surface area contributed by atoms with Gasteiger partial charge in [0.25, 0.3) is 5.56 Å². The highest BCUT2D eigenvalue weighted by Gasteiger charge is 2.20. The molecule has 8 heteroatoms. The average Bonchev–Trinajstić information content (AvgIpc) is 2.93. The number of carboxylic acid groups (broad SMARTS) is 1. The Hall–Kier alpha value is -2.32. The van der Waals surface area contributed by atoms with Crippen LogP contribution in [0.15, 0.2) is 34.2 Å². The van der Waals surface area contributed by atoms with Crippen molar-refractivity contribution >= 4 is 39.7 Å². The zero-order valence-corrected chi connectivity index (χ0v) is 14.1. The Bertz CT molecular complexity index is 963. The van der Waals surface area contributed by atoms with Gasteiger partial charge in [0.05, 0.1) is 13.2 Å². The first-order valence-electron chi connectivity index (χ1n) is 7.42. The van der Waals surface area contributed by atoms with Crippen LogP contribution < -0.4 is 5.56 Å². The molecule has 0 spiro atoms. The Balaban J connectivity index is 2.23. The predicted molar refractivity (Wildman–Crippen MR) is 92.7 cm³/mol. The van der Waals surface area contributed by atoms with Crippen molar-refractivity contribution < 1.29 is 14.6 Å². The molecule has 7 nitrogen and oxygen atoms in total. The fourth-order valence-electron chi connectivity index (χ4n) is 2.45. The number of carboxylic acids is 1. The standard InChI is InChI=1S/C16H17N3O4S/c1-9(15(21)22)24-16-18-12-10-5-3-4-6-11(10)17-13(12)14(20)19(16)7-8-23-2/h3-6,9,17H,7-8H2,1-2H3,(H,21,22). The number of para-hydroxylation sites is 1. The number of aliphatic carboxylic acids is 1. The molecule has 126 valence electrons. The van der Waals surface area contributed by atoms with E-state index in [-0.39, 0.29) is 5.56 Å². The van der Waals surface area contributed by atoms with Gasteiger partial charge >= 0.3 is 5.97 Å². The molecule has 1 atom stereocenters. The molecule has 3 rings (SSSR count). The number of aromatic amines is 1. The number of aromatic nitrogens is 3. The fraction of sp³-hybridized carbons (Fsp3) is 0.312. The molecule has 0 aliphatic carbocycles. The third-order valence-corrected chi connectivity index (χ3v) is 4.80. The lowest BCUT2D eigenvalue weighted by Crippen LogP contribution is -2.26. The Kier molecular flexibility index (Phi) is 4.59. The zero-order valence-electron chi connectivity index (χ0n) is 13.3. The number of nitrogens with one attached hydrogen (secondary N) is 1. The van der Waals surface area contributed by atoms with Crippen molar-refractivity contribution in [2.45, 2.75) is 23.9 Å². The molecule has 0 fully saturated rings. The Morgan fingerprint density at radius 1 is 1.46 bits per heavy atom. The number of hydrogen-bond donors (Lipinski definition) is 2. The summed E-state index contributed by atoms with van der Waals surface area (Å²) in [5.41, 5.74) is 1.57. The first-order valence-corrected chi connectivity index (χ1v) is 8.30. The molecule has 2 heterocycles. The quantitative estimate of drug-likeness (QED) is 0.523. The molecule has 1 aromatic carbocycles. The normalized spacial score (nSPS) is 12.8. The van der Waals surface area contributed by atoms with Crippen molar-refractivity contribution in [2.24, 2.45) is 0 Å². The summed E-state index contributed by atoms with van der Waals surface area (Å²) in [6.45, 7) is 2.21. The van der Waals surface area contributed by atoms with Crippen LogP contribution in [0.4, 0.5) is 0 Å². The molecule has 2 aromatic heterocycles. The van der Waals surface area contributed by atoms with Crippen LogP contribution in [0, 0.1) is 0 Å². The minimum absolute atomic E-state index is 0.228. The van der Waals surface area contributed by atoms with E-state index < -0.39 is 11.2 Å². The first-order chi connectivity index (χ1) is 11.5. The topological polar surface area (TPSA) is 97.2 Å². The zero-order chi connectivity index (χ0) is 17.3. The minimum atomic E-state index is -0.952. The molecular formula is C16H17N3O4S. The molecule has 0 aliphatic heterocycles. The number of nitrogens with zero attached hydrogens (tertiary/aromatic N) is 2. The van der Waals surface area contributed by atoms with Crippen molar-refractivity contribution in [3.8, 4) is 0 Å². The van der Waals surface area contributed by atoms with Crippen molar-refractivity contribution in [1.29, 1.82) is 0 Å². The van der Waals surface area contributed by atoms with E-state index in [0.29, 0.717) is 29.3 Å². The maximum Gasteiger partial charge on any atom is 0.316 e. The summed E-state index contributed by atoms with van der Waals surface area (Å²) in [5, 5.41) is 9.66. The monoisotopic (exact) mass is 347 g/mol. The highest BCUT2D eigenvalue weighted by Crippen LogP contribution is 2.26. The van der Waals surface area contributed by atoms with E-state index in [2.05, 4.69) is 9.97 Å². The summed E-state index contributed by atoms with van der Waals surface area (Å²) in [7, 11) is 1.55. The van der Waals surface area contributed by atoms with E-state index in [1.807, 2.05) is 24.3 Å².